The molecule has 0 amide bonds. The lowest BCUT2D eigenvalue weighted by molar-refractivity contribution is 0.0698. The van der Waals surface area contributed by atoms with Crippen molar-refractivity contribution in [1.82, 2.24) is 9.78 Å². The zero-order chi connectivity index (χ0) is 12.6. The van der Waals surface area contributed by atoms with E-state index in [4.69, 9.17) is 5.11 Å². The fourth-order valence-electron chi connectivity index (χ4n) is 1.50. The number of hydrogen-bond donors (Lipinski definition) is 2. The van der Waals surface area contributed by atoms with Crippen LogP contribution in [0.3, 0.4) is 0 Å². The molecule has 2 rings (SSSR count). The van der Waals surface area contributed by atoms with Crippen molar-refractivity contribution in [2.45, 2.75) is 12.8 Å². The van der Waals surface area contributed by atoms with Gasteiger partial charge in [0, 0.05) is 7.05 Å². The lowest BCUT2D eigenvalue weighted by Crippen LogP contribution is -2.21. The van der Waals surface area contributed by atoms with Crippen molar-refractivity contribution in [3.8, 4) is 0 Å². The Hall–Kier alpha value is -1.57. The molecule has 0 saturated heterocycles. The van der Waals surface area contributed by atoms with Gasteiger partial charge < -0.3 is 5.11 Å². The number of carboxylic acid groups (broad SMARTS) is 1. The second-order valence-electron chi connectivity index (χ2n) is 4.16. The maximum Gasteiger partial charge on any atom is 0.341 e. The summed E-state index contributed by atoms with van der Waals surface area (Å²) in [5.74, 6) is -0.966. The molecule has 1 saturated carbocycles. The Morgan fingerprint density at radius 1 is 1.65 bits per heavy atom. The predicted molar refractivity (Wildman–Crippen MR) is 60.3 cm³/mol. The number of aromatic nitrogens is 2. The van der Waals surface area contributed by atoms with Crippen LogP contribution in [0.2, 0.25) is 0 Å². The number of nitrogens with one attached hydrogen (secondary N) is 1. The maximum absolute atomic E-state index is 11.7. The molecule has 1 aromatic heterocycles. The first-order valence-corrected chi connectivity index (χ1v) is 6.80. The summed E-state index contributed by atoms with van der Waals surface area (Å²) in [4.78, 5) is 10.9. The average Bonchev–Trinajstić information content (AvgIpc) is 2.91. The van der Waals surface area contributed by atoms with Crippen LogP contribution in [0, 0.1) is 5.92 Å². The molecule has 1 aliphatic carbocycles. The van der Waals surface area contributed by atoms with E-state index in [-0.39, 0.29) is 23.1 Å². The first kappa shape index (κ1) is 11.9. The first-order valence-electron chi connectivity index (χ1n) is 5.15. The third-order valence-corrected chi connectivity index (χ3v) is 3.99. The van der Waals surface area contributed by atoms with E-state index >= 15 is 0 Å². The van der Waals surface area contributed by atoms with Gasteiger partial charge in [-0.15, -0.1) is 0 Å². The van der Waals surface area contributed by atoms with Gasteiger partial charge in [-0.2, -0.15) is 5.10 Å². The lowest BCUT2D eigenvalue weighted by atomic mass is 10.3. The Bertz CT molecular complexity index is 545. The molecule has 8 heteroatoms. The van der Waals surface area contributed by atoms with Crippen molar-refractivity contribution < 1.29 is 18.3 Å². The molecule has 0 spiro atoms. The summed E-state index contributed by atoms with van der Waals surface area (Å²) in [7, 11) is -2.01. The molecule has 7 nitrogen and oxygen atoms in total. The highest BCUT2D eigenvalue weighted by Crippen LogP contribution is 2.30. The summed E-state index contributed by atoms with van der Waals surface area (Å²) in [5.41, 5.74) is -0.146. The Balaban J connectivity index is 2.22. The monoisotopic (exact) mass is 259 g/mol. The van der Waals surface area contributed by atoms with E-state index < -0.39 is 16.0 Å². The van der Waals surface area contributed by atoms with Crippen LogP contribution in [0.15, 0.2) is 6.20 Å². The second kappa shape index (κ2) is 4.02. The number of nitrogens with zero attached hydrogens (tertiary/aromatic N) is 2. The van der Waals surface area contributed by atoms with Crippen LogP contribution in [0.5, 0.6) is 0 Å². The highest BCUT2D eigenvalue weighted by molar-refractivity contribution is 7.92. The summed E-state index contributed by atoms with van der Waals surface area (Å²) in [6.45, 7) is 0. The summed E-state index contributed by atoms with van der Waals surface area (Å²) < 4.78 is 26.9. The standard InChI is InChI=1S/C9H13N3O4S/c1-12-8(7(4-10-12)9(13)14)11-17(15,16)5-6-2-3-6/h4,6,11H,2-3,5H2,1H3,(H,13,14). The smallest absolute Gasteiger partial charge is 0.341 e. The Morgan fingerprint density at radius 3 is 2.82 bits per heavy atom. The van der Waals surface area contributed by atoms with Gasteiger partial charge in [0.1, 0.15) is 5.56 Å². The van der Waals surface area contributed by atoms with Crippen molar-refractivity contribution in [3.05, 3.63) is 11.8 Å². The molecule has 1 fully saturated rings. The fourth-order valence-corrected chi connectivity index (χ4v) is 3.07. The molecule has 2 N–H and O–H groups in total. The number of carboxylic acids is 1. The van der Waals surface area contributed by atoms with E-state index in [0.29, 0.717) is 0 Å². The second-order valence-corrected chi connectivity index (χ2v) is 5.93. The van der Waals surface area contributed by atoms with Crippen molar-refractivity contribution in [1.29, 1.82) is 0 Å². The molecule has 0 aromatic carbocycles. The van der Waals surface area contributed by atoms with Crippen molar-refractivity contribution in [3.63, 3.8) is 0 Å². The number of sulfonamides is 1. The third-order valence-electron chi connectivity index (χ3n) is 2.57. The van der Waals surface area contributed by atoms with Crippen molar-refractivity contribution in [2.75, 3.05) is 10.5 Å². The number of hydrogen-bond acceptors (Lipinski definition) is 4. The van der Waals surface area contributed by atoms with Crippen molar-refractivity contribution >= 4 is 21.8 Å². The number of aromatic carboxylic acids is 1. The van der Waals surface area contributed by atoms with E-state index in [1.165, 1.54) is 11.7 Å². The number of aryl methyl sites for hydroxylation is 1. The van der Waals surface area contributed by atoms with Gasteiger partial charge in [0.15, 0.2) is 5.82 Å². The van der Waals surface area contributed by atoms with E-state index in [1.807, 2.05) is 0 Å². The summed E-state index contributed by atoms with van der Waals surface area (Å²) in [6.07, 6.45) is 2.95. The average molecular weight is 259 g/mol. The van der Waals surface area contributed by atoms with Gasteiger partial charge in [-0.3, -0.25) is 9.40 Å². The molecule has 0 unspecified atom stereocenters. The zero-order valence-corrected chi connectivity index (χ0v) is 10.1. The molecule has 1 aliphatic rings. The number of rotatable bonds is 5. The Morgan fingerprint density at radius 2 is 2.29 bits per heavy atom. The van der Waals surface area contributed by atoms with Crippen LogP contribution in [-0.4, -0.2) is 35.0 Å². The van der Waals surface area contributed by atoms with E-state index in [2.05, 4.69) is 9.82 Å². The SMILES string of the molecule is Cn1ncc(C(=O)O)c1NS(=O)(=O)CC1CC1. The van der Waals surface area contributed by atoms with Gasteiger partial charge >= 0.3 is 5.97 Å². The first-order chi connectivity index (χ1) is 7.89. The zero-order valence-electron chi connectivity index (χ0n) is 9.25. The molecule has 94 valence electrons. The van der Waals surface area contributed by atoms with Gasteiger partial charge in [-0.25, -0.2) is 13.2 Å². The van der Waals surface area contributed by atoms with E-state index in [1.54, 1.807) is 0 Å². The summed E-state index contributed by atoms with van der Waals surface area (Å²) >= 11 is 0. The Labute approximate surface area is 98.5 Å². The topological polar surface area (TPSA) is 101 Å². The lowest BCUT2D eigenvalue weighted by Gasteiger charge is -2.08. The van der Waals surface area contributed by atoms with Crippen LogP contribution in [0.25, 0.3) is 0 Å². The highest BCUT2D eigenvalue weighted by Gasteiger charge is 2.29. The van der Waals surface area contributed by atoms with Crippen LogP contribution in [-0.2, 0) is 17.1 Å². The minimum absolute atomic E-state index is 0.00171. The molecule has 1 aromatic rings. The minimum Gasteiger partial charge on any atom is -0.477 e. The maximum atomic E-state index is 11.7. The highest BCUT2D eigenvalue weighted by atomic mass is 32.2. The minimum atomic E-state index is -3.49. The van der Waals surface area contributed by atoms with Crippen LogP contribution in [0.4, 0.5) is 5.82 Å². The van der Waals surface area contributed by atoms with E-state index in [9.17, 15) is 13.2 Å². The molecule has 0 aliphatic heterocycles. The summed E-state index contributed by atoms with van der Waals surface area (Å²) in [6, 6.07) is 0. The van der Waals surface area contributed by atoms with Gasteiger partial charge in [0.2, 0.25) is 10.0 Å². The summed E-state index contributed by atoms with van der Waals surface area (Å²) in [5, 5.41) is 12.6. The molecule has 1 heterocycles. The van der Waals surface area contributed by atoms with Gasteiger partial charge in [0.05, 0.1) is 11.9 Å². The fraction of sp³-hybridized carbons (Fsp3) is 0.556. The largest absolute Gasteiger partial charge is 0.477 e. The molecular weight excluding hydrogens is 246 g/mol. The third kappa shape index (κ3) is 2.76. The van der Waals surface area contributed by atoms with E-state index in [0.717, 1.165) is 19.0 Å². The molecular formula is C9H13N3O4S. The van der Waals surface area contributed by atoms with Gasteiger partial charge in [0.25, 0.3) is 0 Å². The molecule has 0 radical (unpaired) electrons. The molecule has 0 bridgehead atoms. The number of carbonyl (C=O) groups is 1. The van der Waals surface area contributed by atoms with Crippen LogP contribution in [0.1, 0.15) is 23.2 Å². The molecule has 17 heavy (non-hydrogen) atoms. The van der Waals surface area contributed by atoms with Crippen LogP contribution < -0.4 is 4.72 Å². The van der Waals surface area contributed by atoms with Crippen molar-refractivity contribution in [2.24, 2.45) is 13.0 Å². The van der Waals surface area contributed by atoms with Gasteiger partial charge in [-0.05, 0) is 18.8 Å². The quantitative estimate of drug-likeness (QED) is 0.790. The normalized spacial score (nSPS) is 15.8. The molecule has 0 atom stereocenters. The van der Waals surface area contributed by atoms with Gasteiger partial charge in [-0.1, -0.05) is 0 Å². The van der Waals surface area contributed by atoms with Crippen LogP contribution >= 0.6 is 0 Å². The Kier molecular flexibility index (Phi) is 2.82. The number of anilines is 1. The predicted octanol–water partition coefficient (Wildman–Crippen LogP) is 0.270.